The predicted octanol–water partition coefficient (Wildman–Crippen LogP) is 1.25. The highest BCUT2D eigenvalue weighted by molar-refractivity contribution is 5.10. The van der Waals surface area contributed by atoms with Gasteiger partial charge in [-0.2, -0.15) is 5.10 Å². The fourth-order valence-corrected chi connectivity index (χ4v) is 2.76. The lowest BCUT2D eigenvalue weighted by molar-refractivity contribution is 0.139. The van der Waals surface area contributed by atoms with Crippen LogP contribution in [0.4, 0.5) is 0 Å². The number of piperidine rings is 1. The molecule has 1 aromatic rings. The van der Waals surface area contributed by atoms with Crippen molar-refractivity contribution in [3.05, 3.63) is 28.2 Å². The van der Waals surface area contributed by atoms with Gasteiger partial charge in [0.25, 0.3) is 5.56 Å². The topological polar surface area (TPSA) is 58.4 Å². The molecule has 21 heavy (non-hydrogen) atoms. The van der Waals surface area contributed by atoms with Crippen LogP contribution in [0.1, 0.15) is 39.3 Å². The SMILES string of the molecule is CC(C)(C)c1ccc(=O)n(CC2CCN(CCO)CC2)n1. The van der Waals surface area contributed by atoms with Crippen LogP contribution in [0, 0.1) is 5.92 Å². The van der Waals surface area contributed by atoms with Crippen LogP contribution in [0.2, 0.25) is 0 Å². The Morgan fingerprint density at radius 3 is 2.52 bits per heavy atom. The van der Waals surface area contributed by atoms with Crippen molar-refractivity contribution >= 4 is 0 Å². The molecule has 0 radical (unpaired) electrons. The summed E-state index contributed by atoms with van der Waals surface area (Å²) in [6, 6.07) is 3.47. The lowest BCUT2D eigenvalue weighted by atomic mass is 9.92. The maximum Gasteiger partial charge on any atom is 0.266 e. The number of likely N-dealkylation sites (tertiary alicyclic amines) is 1. The number of β-amino-alcohol motifs (C(OH)–C–C–N with tert-alkyl or cyclic N) is 1. The Bertz CT molecular complexity index is 511. The third-order valence-corrected chi connectivity index (χ3v) is 4.19. The van der Waals surface area contributed by atoms with Crippen molar-refractivity contribution < 1.29 is 5.11 Å². The van der Waals surface area contributed by atoms with E-state index in [1.807, 2.05) is 6.07 Å². The summed E-state index contributed by atoms with van der Waals surface area (Å²) in [7, 11) is 0. The van der Waals surface area contributed by atoms with Crippen LogP contribution in [0.3, 0.4) is 0 Å². The minimum Gasteiger partial charge on any atom is -0.395 e. The zero-order valence-electron chi connectivity index (χ0n) is 13.4. The van der Waals surface area contributed by atoms with Crippen molar-refractivity contribution in [3.63, 3.8) is 0 Å². The number of hydrogen-bond acceptors (Lipinski definition) is 4. The molecule has 5 heteroatoms. The molecule has 1 aliphatic heterocycles. The Labute approximate surface area is 126 Å². The summed E-state index contributed by atoms with van der Waals surface area (Å²) in [5.74, 6) is 0.500. The van der Waals surface area contributed by atoms with Gasteiger partial charge in [0.2, 0.25) is 0 Å². The lowest BCUT2D eigenvalue weighted by Crippen LogP contribution is -2.38. The van der Waals surface area contributed by atoms with Crippen molar-refractivity contribution in [2.75, 3.05) is 26.2 Å². The first-order valence-electron chi connectivity index (χ1n) is 7.82. The standard InChI is InChI=1S/C16H27N3O2/c1-16(2,3)14-4-5-15(21)19(17-14)12-13-6-8-18(9-7-13)10-11-20/h4-5,13,20H,6-12H2,1-3H3. The van der Waals surface area contributed by atoms with Gasteiger partial charge in [0, 0.05) is 24.6 Å². The average Bonchev–Trinajstić information content (AvgIpc) is 2.42. The molecule has 1 fully saturated rings. The summed E-state index contributed by atoms with van der Waals surface area (Å²) < 4.78 is 1.63. The van der Waals surface area contributed by atoms with E-state index in [-0.39, 0.29) is 17.6 Å². The summed E-state index contributed by atoms with van der Waals surface area (Å²) in [5.41, 5.74) is 0.903. The molecule has 1 N–H and O–H groups in total. The maximum absolute atomic E-state index is 12.0. The van der Waals surface area contributed by atoms with Gasteiger partial charge in [0.05, 0.1) is 12.3 Å². The van der Waals surface area contributed by atoms with E-state index < -0.39 is 0 Å². The van der Waals surface area contributed by atoms with Crippen LogP contribution >= 0.6 is 0 Å². The zero-order chi connectivity index (χ0) is 15.5. The van der Waals surface area contributed by atoms with Gasteiger partial charge < -0.3 is 10.0 Å². The molecule has 0 atom stereocenters. The molecule has 0 aromatic carbocycles. The van der Waals surface area contributed by atoms with Gasteiger partial charge in [0.1, 0.15) is 0 Å². The Morgan fingerprint density at radius 2 is 1.95 bits per heavy atom. The Kier molecular flexibility index (Phi) is 5.17. The van der Waals surface area contributed by atoms with Crippen molar-refractivity contribution in [2.24, 2.45) is 5.92 Å². The first kappa shape index (κ1) is 16.2. The quantitative estimate of drug-likeness (QED) is 0.907. The number of aliphatic hydroxyl groups excluding tert-OH is 1. The van der Waals surface area contributed by atoms with Crippen LogP contribution in [0.5, 0.6) is 0 Å². The number of aliphatic hydroxyl groups is 1. The second-order valence-electron chi connectivity index (χ2n) is 7.00. The number of hydrogen-bond donors (Lipinski definition) is 1. The molecule has 0 aliphatic carbocycles. The largest absolute Gasteiger partial charge is 0.395 e. The highest BCUT2D eigenvalue weighted by Crippen LogP contribution is 2.20. The van der Waals surface area contributed by atoms with Gasteiger partial charge in [-0.25, -0.2) is 4.68 Å². The summed E-state index contributed by atoms with van der Waals surface area (Å²) in [6.07, 6.45) is 2.13. The second kappa shape index (κ2) is 6.71. The second-order valence-corrected chi connectivity index (χ2v) is 7.00. The third-order valence-electron chi connectivity index (χ3n) is 4.19. The van der Waals surface area contributed by atoms with Crippen LogP contribution in [-0.4, -0.2) is 46.0 Å². The van der Waals surface area contributed by atoms with Crippen molar-refractivity contribution in [2.45, 2.75) is 45.6 Å². The third kappa shape index (κ3) is 4.38. The zero-order valence-corrected chi connectivity index (χ0v) is 13.4. The van der Waals surface area contributed by atoms with Crippen LogP contribution in [0.15, 0.2) is 16.9 Å². The molecule has 2 rings (SSSR count). The van der Waals surface area contributed by atoms with E-state index in [2.05, 4.69) is 30.8 Å². The molecule has 0 unspecified atom stereocenters. The molecular weight excluding hydrogens is 266 g/mol. The van der Waals surface area contributed by atoms with E-state index >= 15 is 0 Å². The number of aromatic nitrogens is 2. The minimum absolute atomic E-state index is 0.0132. The van der Waals surface area contributed by atoms with Crippen LogP contribution in [0.25, 0.3) is 0 Å². The van der Waals surface area contributed by atoms with E-state index in [0.717, 1.165) is 38.2 Å². The Morgan fingerprint density at radius 1 is 1.29 bits per heavy atom. The molecule has 1 aromatic heterocycles. The normalized spacial score (nSPS) is 18.1. The fourth-order valence-electron chi connectivity index (χ4n) is 2.76. The molecule has 0 amide bonds. The predicted molar refractivity (Wildman–Crippen MR) is 83.4 cm³/mol. The van der Waals surface area contributed by atoms with Gasteiger partial charge >= 0.3 is 0 Å². The minimum atomic E-state index is -0.0417. The molecule has 118 valence electrons. The van der Waals surface area contributed by atoms with E-state index in [4.69, 9.17) is 5.11 Å². The summed E-state index contributed by atoms with van der Waals surface area (Å²) in [4.78, 5) is 14.3. The monoisotopic (exact) mass is 293 g/mol. The van der Waals surface area contributed by atoms with Crippen LogP contribution < -0.4 is 5.56 Å². The molecule has 2 heterocycles. The summed E-state index contributed by atoms with van der Waals surface area (Å²) >= 11 is 0. The Balaban J connectivity index is 2.02. The Hall–Kier alpha value is -1.20. The molecule has 1 saturated heterocycles. The van der Waals surface area contributed by atoms with Gasteiger partial charge in [-0.1, -0.05) is 20.8 Å². The van der Waals surface area contributed by atoms with E-state index in [1.165, 1.54) is 0 Å². The fraction of sp³-hybridized carbons (Fsp3) is 0.750. The molecule has 0 saturated carbocycles. The maximum atomic E-state index is 12.0. The summed E-state index contributed by atoms with van der Waals surface area (Å²) in [5, 5.41) is 13.5. The van der Waals surface area contributed by atoms with Gasteiger partial charge in [0.15, 0.2) is 0 Å². The molecule has 1 aliphatic rings. The van der Waals surface area contributed by atoms with Gasteiger partial charge in [-0.3, -0.25) is 4.79 Å². The van der Waals surface area contributed by atoms with Crippen molar-refractivity contribution in [1.82, 2.24) is 14.7 Å². The first-order valence-corrected chi connectivity index (χ1v) is 7.82. The van der Waals surface area contributed by atoms with E-state index in [0.29, 0.717) is 12.5 Å². The average molecular weight is 293 g/mol. The van der Waals surface area contributed by atoms with E-state index in [1.54, 1.807) is 10.7 Å². The molecular formula is C16H27N3O2. The number of rotatable bonds is 4. The molecule has 0 spiro atoms. The van der Waals surface area contributed by atoms with Crippen molar-refractivity contribution in [1.29, 1.82) is 0 Å². The smallest absolute Gasteiger partial charge is 0.266 e. The first-order chi connectivity index (χ1) is 9.90. The molecule has 0 bridgehead atoms. The van der Waals surface area contributed by atoms with Gasteiger partial charge in [-0.05, 0) is 37.9 Å². The van der Waals surface area contributed by atoms with E-state index in [9.17, 15) is 4.79 Å². The molecule has 5 nitrogen and oxygen atoms in total. The van der Waals surface area contributed by atoms with Gasteiger partial charge in [-0.15, -0.1) is 0 Å². The van der Waals surface area contributed by atoms with Crippen molar-refractivity contribution in [3.8, 4) is 0 Å². The van der Waals surface area contributed by atoms with Crippen LogP contribution in [-0.2, 0) is 12.0 Å². The summed E-state index contributed by atoms with van der Waals surface area (Å²) in [6.45, 7) is 10.0. The highest BCUT2D eigenvalue weighted by Gasteiger charge is 2.21. The number of nitrogens with zero attached hydrogens (tertiary/aromatic N) is 3. The lowest BCUT2D eigenvalue weighted by Gasteiger charge is -2.31. The highest BCUT2D eigenvalue weighted by atomic mass is 16.3.